The van der Waals surface area contributed by atoms with Gasteiger partial charge in [-0.05, 0) is 69.5 Å². The van der Waals surface area contributed by atoms with E-state index in [0.717, 1.165) is 12.0 Å². The van der Waals surface area contributed by atoms with Crippen LogP contribution in [0.25, 0.3) is 0 Å². The predicted molar refractivity (Wildman–Crippen MR) is 145 cm³/mol. The minimum atomic E-state index is -0.701. The smallest absolute Gasteiger partial charge is 0.337 e. The second kappa shape index (κ2) is 11.7. The maximum Gasteiger partial charge on any atom is 0.337 e. The predicted octanol–water partition coefficient (Wildman–Crippen LogP) is 6.31. The number of ether oxygens (including phenoxy) is 1. The second-order valence-corrected chi connectivity index (χ2v) is 10.8. The van der Waals surface area contributed by atoms with Crippen LogP contribution in [0.5, 0.6) is 0 Å². The van der Waals surface area contributed by atoms with E-state index in [-0.39, 0.29) is 11.7 Å². The molecule has 1 aliphatic heterocycles. The van der Waals surface area contributed by atoms with Crippen LogP contribution in [0.4, 0.5) is 5.69 Å². The van der Waals surface area contributed by atoms with Gasteiger partial charge in [0.1, 0.15) is 5.60 Å². The molecule has 2 aromatic rings. The zero-order valence-corrected chi connectivity index (χ0v) is 22.6. The van der Waals surface area contributed by atoms with Crippen LogP contribution in [0.1, 0.15) is 51.7 Å². The molecule has 1 heterocycles. The van der Waals surface area contributed by atoms with Crippen LogP contribution < -0.4 is 10.6 Å². The van der Waals surface area contributed by atoms with E-state index in [9.17, 15) is 14.9 Å². The summed E-state index contributed by atoms with van der Waals surface area (Å²) in [5.74, 6) is -1.27. The van der Waals surface area contributed by atoms with Gasteiger partial charge in [-0.1, -0.05) is 54.6 Å². The van der Waals surface area contributed by atoms with E-state index in [4.69, 9.17) is 16.3 Å². The van der Waals surface area contributed by atoms with Crippen molar-refractivity contribution in [2.24, 2.45) is 0 Å². The lowest BCUT2D eigenvalue weighted by Crippen LogP contribution is -2.32. The number of rotatable bonds is 7. The molecule has 0 aromatic heterocycles. The van der Waals surface area contributed by atoms with E-state index in [1.165, 1.54) is 17.3 Å². The highest BCUT2D eigenvalue weighted by Crippen LogP contribution is 2.41. The fourth-order valence-electron chi connectivity index (χ4n) is 3.78. The van der Waals surface area contributed by atoms with Gasteiger partial charge in [-0.3, -0.25) is 4.79 Å². The van der Waals surface area contributed by atoms with Gasteiger partial charge in [0.2, 0.25) is 5.91 Å². The molecular weight excluding hydrogens is 494 g/mol. The molecule has 0 fully saturated rings. The molecule has 0 bridgehead atoms. The van der Waals surface area contributed by atoms with Crippen molar-refractivity contribution in [2.45, 2.75) is 52.6 Å². The highest BCUT2D eigenvalue weighted by Gasteiger charge is 2.37. The first-order valence-corrected chi connectivity index (χ1v) is 13.0. The third kappa shape index (κ3) is 6.93. The molecule has 0 unspecified atom stereocenters. The Kier molecular flexibility index (Phi) is 8.89. The number of amides is 1. The highest BCUT2D eigenvalue weighted by molar-refractivity contribution is 8.03. The van der Waals surface area contributed by atoms with E-state index in [0.29, 0.717) is 32.6 Å². The van der Waals surface area contributed by atoms with Crippen molar-refractivity contribution < 1.29 is 14.3 Å². The number of aryl methyl sites for hydroxylation is 1. The van der Waals surface area contributed by atoms with E-state index in [1.54, 1.807) is 52.0 Å². The number of thioether (sulfide) groups is 1. The summed E-state index contributed by atoms with van der Waals surface area (Å²) in [6, 6.07) is 17.0. The molecule has 0 radical (unpaired) electrons. The van der Waals surface area contributed by atoms with Crippen LogP contribution in [0.2, 0.25) is 5.02 Å². The van der Waals surface area contributed by atoms with E-state index >= 15 is 0 Å². The number of nitrogens with zero attached hydrogens (tertiary/aromatic N) is 1. The third-order valence-electron chi connectivity index (χ3n) is 5.46. The molecule has 2 aromatic carbocycles. The Morgan fingerprint density at radius 1 is 1.14 bits per heavy atom. The summed E-state index contributed by atoms with van der Waals surface area (Å²) in [6.07, 6.45) is 0.924. The molecule has 3 rings (SSSR count). The van der Waals surface area contributed by atoms with Crippen molar-refractivity contribution in [1.29, 1.82) is 5.26 Å². The van der Waals surface area contributed by atoms with Gasteiger partial charge in [0.05, 0.1) is 33.9 Å². The Labute approximate surface area is 221 Å². The average molecular weight is 524 g/mol. The Balaban J connectivity index is 1.88. The van der Waals surface area contributed by atoms with Crippen LogP contribution in [-0.4, -0.2) is 23.2 Å². The number of allylic oxidation sites excluding steroid dienone is 2. The van der Waals surface area contributed by atoms with Crippen LogP contribution in [-0.2, 0) is 20.7 Å². The van der Waals surface area contributed by atoms with Crippen LogP contribution >= 0.6 is 23.4 Å². The number of hydrogen-bond donors (Lipinski definition) is 2. The molecule has 0 spiro atoms. The first kappa shape index (κ1) is 27.4. The monoisotopic (exact) mass is 523 g/mol. The van der Waals surface area contributed by atoms with E-state index in [1.807, 2.05) is 24.3 Å². The first-order chi connectivity index (χ1) is 17.0. The number of dihydropyridines is 1. The number of benzene rings is 2. The van der Waals surface area contributed by atoms with Gasteiger partial charge in [-0.25, -0.2) is 4.79 Å². The summed E-state index contributed by atoms with van der Waals surface area (Å²) >= 11 is 7.31. The van der Waals surface area contributed by atoms with Crippen LogP contribution in [0.3, 0.4) is 0 Å². The molecular formula is C28H30ClN3O3S. The number of halogens is 1. The zero-order valence-electron chi connectivity index (χ0n) is 21.1. The fourth-order valence-corrected chi connectivity index (χ4v) is 4.80. The summed E-state index contributed by atoms with van der Waals surface area (Å²) < 4.78 is 5.67. The molecule has 0 aliphatic carbocycles. The van der Waals surface area contributed by atoms with Crippen molar-refractivity contribution in [2.75, 3.05) is 11.1 Å². The van der Waals surface area contributed by atoms with Gasteiger partial charge in [0, 0.05) is 16.4 Å². The minimum absolute atomic E-state index is 0.0887. The lowest BCUT2D eigenvalue weighted by molar-refractivity contribution is -0.150. The molecule has 2 N–H and O–H groups in total. The quantitative estimate of drug-likeness (QED) is 0.413. The largest absolute Gasteiger partial charge is 0.457 e. The van der Waals surface area contributed by atoms with Crippen molar-refractivity contribution in [3.8, 4) is 6.07 Å². The Morgan fingerprint density at radius 2 is 1.78 bits per heavy atom. The van der Waals surface area contributed by atoms with Gasteiger partial charge in [-0.2, -0.15) is 5.26 Å². The maximum absolute atomic E-state index is 13.2. The molecule has 0 saturated heterocycles. The number of anilines is 1. The molecule has 1 amide bonds. The molecule has 36 heavy (non-hydrogen) atoms. The molecule has 188 valence electrons. The number of esters is 1. The molecule has 6 nitrogen and oxygen atoms in total. The van der Waals surface area contributed by atoms with Crippen molar-refractivity contribution in [1.82, 2.24) is 5.32 Å². The normalized spacial score (nSPS) is 15.8. The van der Waals surface area contributed by atoms with Crippen LogP contribution in [0, 0.1) is 11.3 Å². The van der Waals surface area contributed by atoms with Gasteiger partial charge >= 0.3 is 5.97 Å². The van der Waals surface area contributed by atoms with Crippen molar-refractivity contribution >= 4 is 40.9 Å². The Bertz CT molecular complexity index is 1240. The third-order valence-corrected chi connectivity index (χ3v) is 6.73. The number of nitrogens with one attached hydrogen (secondary N) is 2. The van der Waals surface area contributed by atoms with Crippen molar-refractivity contribution in [3.05, 3.63) is 86.6 Å². The Hall–Kier alpha value is -3.21. The zero-order chi connectivity index (χ0) is 26.5. The molecule has 0 saturated carbocycles. The lowest BCUT2D eigenvalue weighted by Gasteiger charge is -2.31. The average Bonchev–Trinajstić information content (AvgIpc) is 2.82. The SMILES string of the molecule is CCc1ccc(NC(=O)CSC2=C(C#N)[C@@H](c3ccc(Cl)cc3)C(C(=O)OC(C)(C)C)=C(C)N2)cc1. The number of nitriles is 1. The molecule has 8 heteroatoms. The van der Waals surface area contributed by atoms with E-state index in [2.05, 4.69) is 23.6 Å². The second-order valence-electron chi connectivity index (χ2n) is 9.39. The fraction of sp³-hybridized carbons (Fsp3) is 0.321. The first-order valence-electron chi connectivity index (χ1n) is 11.6. The summed E-state index contributed by atoms with van der Waals surface area (Å²) in [5.41, 5.74) is 3.20. The molecule has 1 aliphatic rings. The lowest BCUT2D eigenvalue weighted by atomic mass is 9.82. The number of carbonyl (C=O) groups is 2. The van der Waals surface area contributed by atoms with Gasteiger partial charge in [0.25, 0.3) is 0 Å². The number of hydrogen-bond acceptors (Lipinski definition) is 6. The number of carbonyl (C=O) groups excluding carboxylic acids is 2. The highest BCUT2D eigenvalue weighted by atomic mass is 35.5. The minimum Gasteiger partial charge on any atom is -0.457 e. The molecule has 1 atom stereocenters. The standard InChI is InChI=1S/C28H30ClN3O3S/c1-6-18-7-13-21(14-8-18)32-23(33)16-36-26-22(15-30)25(19-9-11-20(29)12-10-19)24(17(2)31-26)27(34)35-28(3,4)5/h7-14,25,31H,6,16H2,1-5H3,(H,32,33)/t25-/m1/s1. The topological polar surface area (TPSA) is 91.2 Å². The van der Waals surface area contributed by atoms with Crippen LogP contribution in [0.15, 0.2) is 70.4 Å². The summed E-state index contributed by atoms with van der Waals surface area (Å²) in [4.78, 5) is 25.8. The van der Waals surface area contributed by atoms with E-state index < -0.39 is 17.5 Å². The summed E-state index contributed by atoms with van der Waals surface area (Å²) in [7, 11) is 0. The van der Waals surface area contributed by atoms with Gasteiger partial charge < -0.3 is 15.4 Å². The Morgan fingerprint density at radius 3 is 2.33 bits per heavy atom. The van der Waals surface area contributed by atoms with Crippen molar-refractivity contribution in [3.63, 3.8) is 0 Å². The van der Waals surface area contributed by atoms with Gasteiger partial charge in [-0.15, -0.1) is 0 Å². The summed E-state index contributed by atoms with van der Waals surface area (Å²) in [5, 5.41) is 17.3. The summed E-state index contributed by atoms with van der Waals surface area (Å²) in [6.45, 7) is 9.23. The van der Waals surface area contributed by atoms with Gasteiger partial charge in [0.15, 0.2) is 0 Å². The maximum atomic E-state index is 13.2.